The Hall–Kier alpha value is -2.99. The molecule has 0 spiro atoms. The highest BCUT2D eigenvalue weighted by Crippen LogP contribution is 2.38. The van der Waals surface area contributed by atoms with Crippen molar-refractivity contribution >= 4 is 18.5 Å². The van der Waals surface area contributed by atoms with Crippen molar-refractivity contribution in [3.63, 3.8) is 0 Å². The first-order valence-corrected chi connectivity index (χ1v) is 12.0. The van der Waals surface area contributed by atoms with E-state index in [1.807, 2.05) is 0 Å². The van der Waals surface area contributed by atoms with Gasteiger partial charge in [-0.05, 0) is 63.8 Å². The number of hydrogen-bond acceptors (Lipinski definition) is 5. The molecule has 1 heterocycles. The molecule has 2 amide bonds. The van der Waals surface area contributed by atoms with Gasteiger partial charge >= 0.3 is 24.5 Å². The lowest BCUT2D eigenvalue weighted by Gasteiger charge is -2.47. The number of piperidine rings is 1. The predicted molar refractivity (Wildman–Crippen MR) is 124 cm³/mol. The molecule has 0 aromatic heterocycles. The van der Waals surface area contributed by atoms with Crippen molar-refractivity contribution in [2.24, 2.45) is 0 Å². The first kappa shape index (κ1) is 31.2. The smallest absolute Gasteiger partial charge is 0.416 e. The highest BCUT2D eigenvalue weighted by atomic mass is 19.4. The second kappa shape index (κ2) is 11.8. The van der Waals surface area contributed by atoms with Crippen LogP contribution in [0.5, 0.6) is 0 Å². The number of likely N-dealkylation sites (tertiary alicyclic amines) is 1. The molecule has 1 aromatic rings. The van der Waals surface area contributed by atoms with Gasteiger partial charge in [-0.2, -0.15) is 26.3 Å². The Morgan fingerprint density at radius 3 is 1.95 bits per heavy atom. The summed E-state index contributed by atoms with van der Waals surface area (Å²) in [5.41, 5.74) is -4.23. The quantitative estimate of drug-likeness (QED) is 0.299. The van der Waals surface area contributed by atoms with Gasteiger partial charge in [-0.1, -0.05) is 6.92 Å². The highest BCUT2D eigenvalue weighted by molar-refractivity contribution is 5.71. The van der Waals surface area contributed by atoms with Gasteiger partial charge in [-0.25, -0.2) is 9.59 Å². The first-order chi connectivity index (χ1) is 17.4. The molecule has 38 heavy (non-hydrogen) atoms. The van der Waals surface area contributed by atoms with E-state index in [4.69, 9.17) is 9.47 Å². The first-order valence-electron chi connectivity index (χ1n) is 12.0. The molecule has 1 fully saturated rings. The third-order valence-corrected chi connectivity index (χ3v) is 6.17. The molecule has 7 nitrogen and oxygen atoms in total. The van der Waals surface area contributed by atoms with Crippen LogP contribution in [0.4, 0.5) is 35.9 Å². The van der Waals surface area contributed by atoms with Gasteiger partial charge in [0.15, 0.2) is 0 Å². The van der Waals surface area contributed by atoms with E-state index >= 15 is 0 Å². The molecule has 0 radical (unpaired) electrons. The van der Waals surface area contributed by atoms with Crippen LogP contribution in [-0.4, -0.2) is 59.1 Å². The number of carbonyl (C=O) groups is 3. The summed E-state index contributed by atoms with van der Waals surface area (Å²) in [6.07, 6.45) is -10.7. The van der Waals surface area contributed by atoms with Crippen molar-refractivity contribution in [2.75, 3.05) is 7.11 Å². The summed E-state index contributed by atoms with van der Waals surface area (Å²) < 4.78 is 90.5. The lowest BCUT2D eigenvalue weighted by Crippen LogP contribution is -2.58. The number of carbonyl (C=O) groups excluding carboxylic acids is 3. The van der Waals surface area contributed by atoms with E-state index in [9.17, 15) is 40.7 Å². The van der Waals surface area contributed by atoms with Crippen LogP contribution < -0.4 is 0 Å². The van der Waals surface area contributed by atoms with Gasteiger partial charge in [-0.3, -0.25) is 0 Å². The summed E-state index contributed by atoms with van der Waals surface area (Å²) in [7, 11) is 1.04. The van der Waals surface area contributed by atoms with Gasteiger partial charge in [0.1, 0.15) is 11.9 Å². The molecule has 1 aliphatic rings. The fourth-order valence-electron chi connectivity index (χ4n) is 4.57. The molecule has 0 aliphatic carbocycles. The molecule has 2 rings (SSSR count). The Kier molecular flexibility index (Phi) is 9.71. The largest absolute Gasteiger partial charge is 0.453 e. The van der Waals surface area contributed by atoms with E-state index in [2.05, 4.69) is 0 Å². The summed E-state index contributed by atoms with van der Waals surface area (Å²) in [5, 5.41) is 0. The number of amides is 2. The minimum Gasteiger partial charge on any atom is -0.453 e. The zero-order valence-corrected chi connectivity index (χ0v) is 21.8. The maximum atomic E-state index is 13.4. The van der Waals surface area contributed by atoms with Crippen molar-refractivity contribution in [1.82, 2.24) is 9.80 Å². The Balaban J connectivity index is 2.48. The standard InChI is InChI=1S/C25H32F6N2O5/c1-6-18-12-20(13-19(7-8-34)33(18)22(36)38-23(2,3)4)32(21(35)37-5)14-15-9-16(24(26,27)28)11-17(10-15)25(29,30)31/h8-11,18-20H,6-7,12-14H2,1-5H3/t18-,19+,20+/m1/s1. The molecule has 0 bridgehead atoms. The fourth-order valence-corrected chi connectivity index (χ4v) is 4.57. The molecule has 3 atom stereocenters. The second-order valence-electron chi connectivity index (χ2n) is 10.1. The molecular formula is C25H32F6N2O5. The minimum atomic E-state index is -5.05. The van der Waals surface area contributed by atoms with Crippen molar-refractivity contribution < 1.29 is 50.2 Å². The highest BCUT2D eigenvalue weighted by Gasteiger charge is 2.43. The maximum absolute atomic E-state index is 13.4. The Labute approximate surface area is 217 Å². The molecule has 13 heteroatoms. The fraction of sp³-hybridized carbons (Fsp3) is 0.640. The topological polar surface area (TPSA) is 76.2 Å². The van der Waals surface area contributed by atoms with Gasteiger partial charge in [0.25, 0.3) is 0 Å². The van der Waals surface area contributed by atoms with E-state index in [1.165, 1.54) is 4.90 Å². The van der Waals surface area contributed by atoms with Crippen molar-refractivity contribution in [1.29, 1.82) is 0 Å². The molecule has 1 aromatic carbocycles. The van der Waals surface area contributed by atoms with E-state index < -0.39 is 71.5 Å². The molecule has 1 saturated heterocycles. The summed E-state index contributed by atoms with van der Waals surface area (Å²) in [6.45, 7) is 6.19. The van der Waals surface area contributed by atoms with Crippen LogP contribution in [0, 0.1) is 0 Å². The monoisotopic (exact) mass is 554 g/mol. The van der Waals surface area contributed by atoms with Gasteiger partial charge in [0.05, 0.1) is 18.2 Å². The van der Waals surface area contributed by atoms with Gasteiger partial charge in [0, 0.05) is 31.1 Å². The normalized spacial score (nSPS) is 20.6. The number of aldehydes is 1. The number of alkyl halides is 6. The third kappa shape index (κ3) is 8.00. The zero-order chi connectivity index (χ0) is 29.1. The maximum Gasteiger partial charge on any atom is 0.416 e. The number of nitrogens with zero attached hydrogens (tertiary/aromatic N) is 2. The van der Waals surface area contributed by atoms with Crippen LogP contribution in [0.2, 0.25) is 0 Å². The number of halogens is 6. The minimum absolute atomic E-state index is 0.0124. The molecule has 0 N–H and O–H groups in total. The van der Waals surface area contributed by atoms with Crippen molar-refractivity contribution in [3.05, 3.63) is 34.9 Å². The van der Waals surface area contributed by atoms with Crippen LogP contribution in [0.25, 0.3) is 0 Å². The lowest BCUT2D eigenvalue weighted by molar-refractivity contribution is -0.143. The summed E-state index contributed by atoms with van der Waals surface area (Å²) in [6, 6.07) is -0.862. The van der Waals surface area contributed by atoms with Crippen LogP contribution in [0.3, 0.4) is 0 Å². The third-order valence-electron chi connectivity index (χ3n) is 6.17. The van der Waals surface area contributed by atoms with E-state index in [-0.39, 0.29) is 25.3 Å². The number of ether oxygens (including phenoxy) is 2. The van der Waals surface area contributed by atoms with Gasteiger partial charge in [0.2, 0.25) is 0 Å². The molecular weight excluding hydrogens is 522 g/mol. The van der Waals surface area contributed by atoms with Gasteiger partial charge < -0.3 is 24.1 Å². The summed E-state index contributed by atoms with van der Waals surface area (Å²) in [5.74, 6) is 0. The van der Waals surface area contributed by atoms with E-state index in [0.29, 0.717) is 24.8 Å². The molecule has 1 aliphatic heterocycles. The van der Waals surface area contributed by atoms with E-state index in [1.54, 1.807) is 27.7 Å². The van der Waals surface area contributed by atoms with Crippen LogP contribution in [0.15, 0.2) is 18.2 Å². The summed E-state index contributed by atoms with van der Waals surface area (Å²) in [4.78, 5) is 39.6. The molecule has 214 valence electrons. The SMILES string of the molecule is CC[C@@H]1C[C@H](N(Cc2cc(C(F)(F)F)cc(C(F)(F)F)c2)C(=O)OC)C[C@H](CC=O)N1C(=O)OC(C)(C)C. The number of methoxy groups -OCH3 is 1. The van der Waals surface area contributed by atoms with Crippen molar-refractivity contribution in [3.8, 4) is 0 Å². The van der Waals surface area contributed by atoms with Crippen LogP contribution in [-0.2, 0) is 33.2 Å². The lowest BCUT2D eigenvalue weighted by atomic mass is 9.87. The van der Waals surface area contributed by atoms with E-state index in [0.717, 1.165) is 12.0 Å². The number of hydrogen-bond donors (Lipinski definition) is 0. The average Bonchev–Trinajstić information content (AvgIpc) is 2.79. The van der Waals surface area contributed by atoms with Crippen molar-refractivity contribution in [2.45, 2.75) is 96.0 Å². The van der Waals surface area contributed by atoms with Crippen LogP contribution in [0.1, 0.15) is 70.1 Å². The molecule has 0 saturated carbocycles. The summed E-state index contributed by atoms with van der Waals surface area (Å²) >= 11 is 0. The average molecular weight is 555 g/mol. The number of benzene rings is 1. The van der Waals surface area contributed by atoms with Crippen LogP contribution >= 0.6 is 0 Å². The van der Waals surface area contributed by atoms with Gasteiger partial charge in [-0.15, -0.1) is 0 Å². The number of rotatable bonds is 6. The predicted octanol–water partition coefficient (Wildman–Crippen LogP) is 6.43. The Morgan fingerprint density at radius 1 is 1.00 bits per heavy atom. The Bertz CT molecular complexity index is 973. The second-order valence-corrected chi connectivity index (χ2v) is 10.1. The Morgan fingerprint density at radius 2 is 1.53 bits per heavy atom. The zero-order valence-electron chi connectivity index (χ0n) is 21.8. The molecule has 0 unspecified atom stereocenters.